The molecule has 0 fully saturated rings. The van der Waals surface area contributed by atoms with E-state index < -0.39 is 30.8 Å². The number of rotatable bonds is 6. The second-order valence-corrected chi connectivity index (χ2v) is 2.76. The molecule has 6 nitrogen and oxygen atoms in total. The van der Waals surface area contributed by atoms with Gasteiger partial charge in [-0.2, -0.15) is 0 Å². The Bertz CT molecular complexity index is 196. The van der Waals surface area contributed by atoms with Crippen molar-refractivity contribution in [2.24, 2.45) is 0 Å². The number of hydrogen-bond donors (Lipinski definition) is 5. The molecular weight excluding hydrogens is 190 g/mol. The lowest BCUT2D eigenvalue weighted by molar-refractivity contribution is -0.118. The molecule has 0 saturated heterocycles. The highest BCUT2D eigenvalue weighted by Gasteiger charge is 2.23. The first-order valence-electron chi connectivity index (χ1n) is 4.08. The fourth-order valence-electron chi connectivity index (χ4n) is 0.763. The van der Waals surface area contributed by atoms with Crippen LogP contribution < -0.4 is 5.32 Å². The van der Waals surface area contributed by atoms with Crippen LogP contribution in [0.5, 0.6) is 0 Å². The SMILES string of the molecule is C=CC(=O)NC[C@H](O)[C@@H](O)[C@H](O)CO. The van der Waals surface area contributed by atoms with E-state index in [0.717, 1.165) is 6.08 Å². The van der Waals surface area contributed by atoms with E-state index in [0.29, 0.717) is 0 Å². The van der Waals surface area contributed by atoms with Crippen molar-refractivity contribution in [3.05, 3.63) is 12.7 Å². The van der Waals surface area contributed by atoms with Gasteiger partial charge < -0.3 is 25.7 Å². The quantitative estimate of drug-likeness (QED) is 0.305. The normalized spacial score (nSPS) is 16.9. The van der Waals surface area contributed by atoms with Crippen molar-refractivity contribution in [2.45, 2.75) is 18.3 Å². The molecule has 0 saturated carbocycles. The van der Waals surface area contributed by atoms with Gasteiger partial charge in [-0.1, -0.05) is 6.58 Å². The Kier molecular flexibility index (Phi) is 6.06. The van der Waals surface area contributed by atoms with Crippen LogP contribution >= 0.6 is 0 Å². The Morgan fingerprint density at radius 2 is 1.93 bits per heavy atom. The van der Waals surface area contributed by atoms with Gasteiger partial charge in [0.25, 0.3) is 0 Å². The molecule has 0 unspecified atom stereocenters. The van der Waals surface area contributed by atoms with Crippen LogP contribution in [-0.4, -0.2) is 57.8 Å². The van der Waals surface area contributed by atoms with Crippen molar-refractivity contribution < 1.29 is 25.2 Å². The molecule has 0 aliphatic heterocycles. The van der Waals surface area contributed by atoms with Gasteiger partial charge in [0.1, 0.15) is 12.2 Å². The number of carbonyl (C=O) groups excluding carboxylic acids is 1. The van der Waals surface area contributed by atoms with Crippen LogP contribution in [0.4, 0.5) is 0 Å². The minimum Gasteiger partial charge on any atom is -0.394 e. The Morgan fingerprint density at radius 1 is 1.36 bits per heavy atom. The average molecular weight is 205 g/mol. The third-order valence-electron chi connectivity index (χ3n) is 1.65. The molecule has 0 aliphatic rings. The van der Waals surface area contributed by atoms with Crippen LogP contribution in [0.25, 0.3) is 0 Å². The maximum atomic E-state index is 10.6. The molecule has 0 rings (SSSR count). The maximum Gasteiger partial charge on any atom is 0.243 e. The first-order valence-corrected chi connectivity index (χ1v) is 4.08. The van der Waals surface area contributed by atoms with E-state index in [4.69, 9.17) is 15.3 Å². The van der Waals surface area contributed by atoms with E-state index in [1.54, 1.807) is 0 Å². The predicted molar refractivity (Wildman–Crippen MR) is 48.3 cm³/mol. The zero-order valence-electron chi connectivity index (χ0n) is 7.63. The Labute approximate surface area is 81.5 Å². The summed E-state index contributed by atoms with van der Waals surface area (Å²) in [6.07, 6.45) is -3.24. The van der Waals surface area contributed by atoms with Gasteiger partial charge in [0.2, 0.25) is 5.91 Å². The summed E-state index contributed by atoms with van der Waals surface area (Å²) in [6.45, 7) is 2.31. The number of carbonyl (C=O) groups is 1. The molecule has 0 aromatic carbocycles. The van der Waals surface area contributed by atoms with Gasteiger partial charge in [-0.05, 0) is 6.08 Å². The summed E-state index contributed by atoms with van der Waals surface area (Å²) < 4.78 is 0. The first kappa shape index (κ1) is 13.1. The lowest BCUT2D eigenvalue weighted by atomic mass is 10.1. The molecule has 0 radical (unpaired) electrons. The second kappa shape index (κ2) is 6.50. The molecule has 0 heterocycles. The minimum atomic E-state index is -1.50. The van der Waals surface area contributed by atoms with E-state index in [9.17, 15) is 9.90 Å². The summed E-state index contributed by atoms with van der Waals surface area (Å²) in [7, 11) is 0. The van der Waals surface area contributed by atoms with Crippen molar-refractivity contribution in [2.75, 3.05) is 13.2 Å². The lowest BCUT2D eigenvalue weighted by Crippen LogP contribution is -2.45. The number of amides is 1. The average Bonchev–Trinajstić information content (AvgIpc) is 2.22. The molecule has 3 atom stereocenters. The number of hydrogen-bond acceptors (Lipinski definition) is 5. The molecule has 0 aliphatic carbocycles. The minimum absolute atomic E-state index is 0.219. The molecule has 82 valence electrons. The van der Waals surface area contributed by atoms with Crippen molar-refractivity contribution in [3.8, 4) is 0 Å². The summed E-state index contributed by atoms with van der Waals surface area (Å²) >= 11 is 0. The molecule has 1 amide bonds. The molecule has 14 heavy (non-hydrogen) atoms. The summed E-state index contributed by atoms with van der Waals surface area (Å²) in [5, 5.41) is 37.9. The van der Waals surface area contributed by atoms with Crippen molar-refractivity contribution in [1.29, 1.82) is 0 Å². The van der Waals surface area contributed by atoms with E-state index in [-0.39, 0.29) is 6.54 Å². The molecule has 0 aromatic rings. The molecule has 0 bridgehead atoms. The van der Waals surface area contributed by atoms with E-state index >= 15 is 0 Å². The standard InChI is InChI=1S/C8H15NO5/c1-2-7(13)9-3-5(11)8(14)6(12)4-10/h2,5-6,8,10-12,14H,1,3-4H2,(H,9,13)/t5-,6+,8+/m0/s1. The highest BCUT2D eigenvalue weighted by Crippen LogP contribution is 1.98. The van der Waals surface area contributed by atoms with Gasteiger partial charge in [0.05, 0.1) is 12.7 Å². The zero-order valence-corrected chi connectivity index (χ0v) is 7.63. The van der Waals surface area contributed by atoms with Gasteiger partial charge in [-0.3, -0.25) is 4.79 Å². The largest absolute Gasteiger partial charge is 0.394 e. The van der Waals surface area contributed by atoms with Gasteiger partial charge in [-0.25, -0.2) is 0 Å². The molecule has 5 N–H and O–H groups in total. The highest BCUT2D eigenvalue weighted by atomic mass is 16.4. The molecular formula is C8H15NO5. The summed E-state index contributed by atoms with van der Waals surface area (Å²) in [5.74, 6) is -0.491. The fourth-order valence-corrected chi connectivity index (χ4v) is 0.763. The van der Waals surface area contributed by atoms with E-state index in [2.05, 4.69) is 11.9 Å². The predicted octanol–water partition coefficient (Wildman–Crippen LogP) is -2.64. The van der Waals surface area contributed by atoms with Crippen molar-refractivity contribution in [3.63, 3.8) is 0 Å². The fraction of sp³-hybridized carbons (Fsp3) is 0.625. The lowest BCUT2D eigenvalue weighted by Gasteiger charge is -2.21. The third kappa shape index (κ3) is 4.33. The van der Waals surface area contributed by atoms with E-state index in [1.165, 1.54) is 0 Å². The Balaban J connectivity index is 3.88. The number of nitrogens with one attached hydrogen (secondary N) is 1. The van der Waals surface area contributed by atoms with Gasteiger partial charge in [0, 0.05) is 6.54 Å². The van der Waals surface area contributed by atoms with Crippen LogP contribution in [-0.2, 0) is 4.79 Å². The van der Waals surface area contributed by atoms with Crippen LogP contribution in [0.2, 0.25) is 0 Å². The van der Waals surface area contributed by atoms with Gasteiger partial charge in [0.15, 0.2) is 0 Å². The molecule has 0 aromatic heterocycles. The monoisotopic (exact) mass is 205 g/mol. The number of aliphatic hydroxyl groups excluding tert-OH is 4. The zero-order chi connectivity index (χ0) is 11.1. The number of aliphatic hydroxyl groups is 4. The highest BCUT2D eigenvalue weighted by molar-refractivity contribution is 5.86. The van der Waals surface area contributed by atoms with Crippen LogP contribution in [0.3, 0.4) is 0 Å². The Morgan fingerprint density at radius 3 is 2.36 bits per heavy atom. The van der Waals surface area contributed by atoms with Gasteiger partial charge in [-0.15, -0.1) is 0 Å². The van der Waals surface area contributed by atoms with E-state index in [1.807, 2.05) is 0 Å². The maximum absolute atomic E-state index is 10.6. The topological polar surface area (TPSA) is 110 Å². The third-order valence-corrected chi connectivity index (χ3v) is 1.65. The van der Waals surface area contributed by atoms with Crippen LogP contribution in [0.1, 0.15) is 0 Å². The smallest absolute Gasteiger partial charge is 0.243 e. The molecule has 6 heteroatoms. The summed E-state index contributed by atoms with van der Waals surface area (Å²) in [5.41, 5.74) is 0. The van der Waals surface area contributed by atoms with Gasteiger partial charge >= 0.3 is 0 Å². The van der Waals surface area contributed by atoms with Crippen molar-refractivity contribution >= 4 is 5.91 Å². The molecule has 0 spiro atoms. The van der Waals surface area contributed by atoms with Crippen molar-refractivity contribution in [1.82, 2.24) is 5.32 Å². The Hall–Kier alpha value is -0.950. The van der Waals surface area contributed by atoms with Crippen LogP contribution in [0.15, 0.2) is 12.7 Å². The second-order valence-electron chi connectivity index (χ2n) is 2.76. The summed E-state index contributed by atoms with van der Waals surface area (Å²) in [6, 6.07) is 0. The first-order chi connectivity index (χ1) is 6.52. The van der Waals surface area contributed by atoms with Crippen LogP contribution in [0, 0.1) is 0 Å². The summed E-state index contributed by atoms with van der Waals surface area (Å²) in [4.78, 5) is 10.6.